The molecule has 0 aromatic carbocycles. The second-order valence-corrected chi connectivity index (χ2v) is 5.31. The first-order chi connectivity index (χ1) is 8.56. The van der Waals surface area contributed by atoms with Crippen LogP contribution in [0, 0.1) is 6.92 Å². The lowest BCUT2D eigenvalue weighted by molar-refractivity contribution is 0.0951. The van der Waals surface area contributed by atoms with Crippen molar-refractivity contribution in [2.24, 2.45) is 0 Å². The number of carbonyl (C=O) groups excluding carboxylic acids is 1. The Bertz CT molecular complexity index is 584. The van der Waals surface area contributed by atoms with Crippen LogP contribution in [-0.2, 0) is 6.54 Å². The molecule has 0 spiro atoms. The van der Waals surface area contributed by atoms with Crippen molar-refractivity contribution in [1.29, 1.82) is 0 Å². The van der Waals surface area contributed by atoms with Gasteiger partial charge in [-0.15, -0.1) is 11.3 Å². The lowest BCUT2D eigenvalue weighted by Gasteiger charge is -2.05. The molecule has 2 aromatic heterocycles. The zero-order valence-electron chi connectivity index (χ0n) is 9.61. The van der Waals surface area contributed by atoms with E-state index in [-0.39, 0.29) is 16.6 Å². The Labute approximate surface area is 113 Å². The van der Waals surface area contributed by atoms with E-state index in [0.29, 0.717) is 12.2 Å². The lowest BCUT2D eigenvalue weighted by Crippen LogP contribution is -2.23. The summed E-state index contributed by atoms with van der Waals surface area (Å²) in [6.07, 6.45) is 3.14. The highest BCUT2D eigenvalue weighted by Crippen LogP contribution is 2.16. The molecule has 0 radical (unpaired) electrons. The molecule has 0 aliphatic heterocycles. The third kappa shape index (κ3) is 2.96. The van der Waals surface area contributed by atoms with Crippen LogP contribution in [-0.4, -0.2) is 15.9 Å². The van der Waals surface area contributed by atoms with E-state index in [1.54, 1.807) is 6.20 Å². The number of halogens is 1. The topological polar surface area (TPSA) is 80.9 Å². The highest BCUT2D eigenvalue weighted by Gasteiger charge is 2.12. The molecule has 2 heterocycles. The van der Waals surface area contributed by atoms with E-state index >= 15 is 0 Å². The number of carbonyl (C=O) groups is 1. The lowest BCUT2D eigenvalue weighted by atomic mass is 10.2. The SMILES string of the molecule is Cc1ncc(CNC(=O)c2cc(N)cnc2Cl)s1. The molecule has 5 nitrogen and oxygen atoms in total. The van der Waals surface area contributed by atoms with E-state index < -0.39 is 0 Å². The van der Waals surface area contributed by atoms with Gasteiger partial charge in [0.25, 0.3) is 5.91 Å². The number of hydrogen-bond donors (Lipinski definition) is 2. The molecule has 0 atom stereocenters. The minimum absolute atomic E-state index is 0.141. The number of pyridine rings is 1. The van der Waals surface area contributed by atoms with Crippen molar-refractivity contribution < 1.29 is 4.79 Å². The summed E-state index contributed by atoms with van der Waals surface area (Å²) in [6, 6.07) is 1.50. The number of thiazole rings is 1. The van der Waals surface area contributed by atoms with Crippen molar-refractivity contribution in [3.05, 3.63) is 39.1 Å². The summed E-state index contributed by atoms with van der Waals surface area (Å²) < 4.78 is 0. The van der Waals surface area contributed by atoms with Gasteiger partial charge in [0.15, 0.2) is 0 Å². The molecule has 0 fully saturated rings. The van der Waals surface area contributed by atoms with Crippen molar-refractivity contribution in [3.63, 3.8) is 0 Å². The molecule has 2 rings (SSSR count). The number of rotatable bonds is 3. The zero-order chi connectivity index (χ0) is 13.1. The van der Waals surface area contributed by atoms with Gasteiger partial charge in [0.1, 0.15) is 5.15 Å². The number of nitrogens with two attached hydrogens (primary N) is 1. The fourth-order valence-electron chi connectivity index (χ4n) is 1.37. The fourth-order valence-corrected chi connectivity index (χ4v) is 2.30. The van der Waals surface area contributed by atoms with Crippen molar-refractivity contribution in [2.75, 3.05) is 5.73 Å². The van der Waals surface area contributed by atoms with Crippen LogP contribution >= 0.6 is 22.9 Å². The van der Waals surface area contributed by atoms with Crippen molar-refractivity contribution in [2.45, 2.75) is 13.5 Å². The van der Waals surface area contributed by atoms with E-state index in [0.717, 1.165) is 9.88 Å². The van der Waals surface area contributed by atoms with Gasteiger partial charge in [-0.2, -0.15) is 0 Å². The Hall–Kier alpha value is -1.66. The van der Waals surface area contributed by atoms with Gasteiger partial charge in [-0.3, -0.25) is 4.79 Å². The van der Waals surface area contributed by atoms with E-state index in [1.807, 2.05) is 6.92 Å². The van der Waals surface area contributed by atoms with Crippen LogP contribution in [0.25, 0.3) is 0 Å². The molecular weight excluding hydrogens is 272 g/mol. The van der Waals surface area contributed by atoms with Crippen LogP contribution in [0.4, 0.5) is 5.69 Å². The van der Waals surface area contributed by atoms with Gasteiger partial charge >= 0.3 is 0 Å². The summed E-state index contributed by atoms with van der Waals surface area (Å²) in [7, 11) is 0. The maximum atomic E-state index is 11.9. The Kier molecular flexibility index (Phi) is 3.78. The molecule has 18 heavy (non-hydrogen) atoms. The molecule has 0 aliphatic carbocycles. The summed E-state index contributed by atoms with van der Waals surface area (Å²) in [6.45, 7) is 2.32. The minimum atomic E-state index is -0.300. The smallest absolute Gasteiger partial charge is 0.254 e. The third-order valence-electron chi connectivity index (χ3n) is 2.20. The maximum Gasteiger partial charge on any atom is 0.254 e. The maximum absolute atomic E-state index is 11.9. The second-order valence-electron chi connectivity index (χ2n) is 3.64. The predicted molar refractivity (Wildman–Crippen MR) is 71.7 cm³/mol. The number of hydrogen-bond acceptors (Lipinski definition) is 5. The van der Waals surface area contributed by atoms with Crippen LogP contribution < -0.4 is 11.1 Å². The molecule has 1 amide bonds. The average Bonchev–Trinajstić information content (AvgIpc) is 2.75. The molecule has 0 saturated carbocycles. The van der Waals surface area contributed by atoms with E-state index in [2.05, 4.69) is 15.3 Å². The van der Waals surface area contributed by atoms with Crippen LogP contribution in [0.1, 0.15) is 20.2 Å². The number of aromatic nitrogens is 2. The van der Waals surface area contributed by atoms with Crippen molar-refractivity contribution in [1.82, 2.24) is 15.3 Å². The number of amides is 1. The first kappa shape index (κ1) is 12.8. The Balaban J connectivity index is 2.05. The van der Waals surface area contributed by atoms with Gasteiger partial charge < -0.3 is 11.1 Å². The quantitative estimate of drug-likeness (QED) is 0.844. The van der Waals surface area contributed by atoms with Gasteiger partial charge in [0.05, 0.1) is 29.0 Å². The Morgan fingerprint density at radius 2 is 2.28 bits per heavy atom. The van der Waals surface area contributed by atoms with E-state index in [1.165, 1.54) is 23.6 Å². The number of anilines is 1. The van der Waals surface area contributed by atoms with Crippen LogP contribution in [0.15, 0.2) is 18.5 Å². The van der Waals surface area contributed by atoms with Crippen LogP contribution in [0.2, 0.25) is 5.15 Å². The predicted octanol–water partition coefficient (Wildman–Crippen LogP) is 2.01. The first-order valence-corrected chi connectivity index (χ1v) is 6.36. The second kappa shape index (κ2) is 5.32. The van der Waals surface area contributed by atoms with E-state index in [9.17, 15) is 4.79 Å². The van der Waals surface area contributed by atoms with Gasteiger partial charge in [0.2, 0.25) is 0 Å². The molecule has 3 N–H and O–H groups in total. The molecule has 0 aliphatic rings. The fraction of sp³-hybridized carbons (Fsp3) is 0.182. The molecule has 0 saturated heterocycles. The normalized spacial score (nSPS) is 10.3. The molecule has 0 unspecified atom stereocenters. The van der Waals surface area contributed by atoms with E-state index in [4.69, 9.17) is 17.3 Å². The van der Waals surface area contributed by atoms with Gasteiger partial charge in [0, 0.05) is 11.1 Å². The van der Waals surface area contributed by atoms with Crippen molar-refractivity contribution in [3.8, 4) is 0 Å². The number of nitrogens with one attached hydrogen (secondary N) is 1. The summed E-state index contributed by atoms with van der Waals surface area (Å²) in [5.41, 5.74) is 6.24. The molecule has 2 aromatic rings. The monoisotopic (exact) mass is 282 g/mol. The number of aryl methyl sites for hydroxylation is 1. The molecular formula is C11H11ClN4OS. The molecule has 94 valence electrons. The third-order valence-corrected chi connectivity index (χ3v) is 3.41. The summed E-state index contributed by atoms with van der Waals surface area (Å²) in [5, 5.41) is 3.85. The molecule has 7 heteroatoms. The Morgan fingerprint density at radius 3 is 2.94 bits per heavy atom. The zero-order valence-corrected chi connectivity index (χ0v) is 11.2. The summed E-state index contributed by atoms with van der Waals surface area (Å²) >= 11 is 7.37. The minimum Gasteiger partial charge on any atom is -0.397 e. The Morgan fingerprint density at radius 1 is 1.50 bits per heavy atom. The van der Waals surface area contributed by atoms with Gasteiger partial charge in [-0.25, -0.2) is 9.97 Å². The van der Waals surface area contributed by atoms with Gasteiger partial charge in [-0.05, 0) is 13.0 Å². The number of nitrogen functional groups attached to an aromatic ring is 1. The highest BCUT2D eigenvalue weighted by molar-refractivity contribution is 7.11. The highest BCUT2D eigenvalue weighted by atomic mass is 35.5. The number of nitrogens with zero attached hydrogens (tertiary/aromatic N) is 2. The largest absolute Gasteiger partial charge is 0.397 e. The van der Waals surface area contributed by atoms with Crippen LogP contribution in [0.5, 0.6) is 0 Å². The van der Waals surface area contributed by atoms with Gasteiger partial charge in [-0.1, -0.05) is 11.6 Å². The standard InChI is InChI=1S/C11H11ClN4OS/c1-6-14-4-8(18-6)5-16-11(17)9-2-7(13)3-15-10(9)12/h2-4H,5,13H2,1H3,(H,16,17). The molecule has 0 bridgehead atoms. The summed E-state index contributed by atoms with van der Waals surface area (Å²) in [5.74, 6) is -0.300. The first-order valence-electron chi connectivity index (χ1n) is 5.17. The average molecular weight is 283 g/mol. The summed E-state index contributed by atoms with van der Waals surface area (Å²) in [4.78, 5) is 20.8. The van der Waals surface area contributed by atoms with Crippen LogP contribution in [0.3, 0.4) is 0 Å². The van der Waals surface area contributed by atoms with Crippen molar-refractivity contribution >= 4 is 34.5 Å².